The lowest BCUT2D eigenvalue weighted by Crippen LogP contribution is -2.38. The Morgan fingerprint density at radius 3 is 2.57 bits per heavy atom. The summed E-state index contributed by atoms with van der Waals surface area (Å²) in [5.41, 5.74) is 2.14. The second kappa shape index (κ2) is 9.64. The lowest BCUT2D eigenvalue weighted by Gasteiger charge is -2.29. The Bertz CT molecular complexity index is 1120. The lowest BCUT2D eigenvalue weighted by molar-refractivity contribution is -0.129. The zero-order valence-corrected chi connectivity index (χ0v) is 22.2. The maximum Gasteiger partial charge on any atom is 0.273 e. The van der Waals surface area contributed by atoms with Crippen molar-refractivity contribution < 1.29 is 9.59 Å². The molecule has 2 amide bonds. The number of aromatic nitrogens is 2. The summed E-state index contributed by atoms with van der Waals surface area (Å²) in [5.74, 6) is 1.21. The molecule has 188 valence electrons. The summed E-state index contributed by atoms with van der Waals surface area (Å²) < 4.78 is 0. The molecule has 1 saturated heterocycles. The van der Waals surface area contributed by atoms with Crippen LogP contribution in [0.1, 0.15) is 62.7 Å². The normalized spacial score (nSPS) is 17.8. The molecule has 1 N–H and O–H groups in total. The minimum Gasteiger partial charge on any atom is -0.364 e. The molecular weight excluding hydrogens is 464 g/mol. The average Bonchev–Trinajstić information content (AvgIpc) is 3.40. The van der Waals surface area contributed by atoms with Gasteiger partial charge in [0.15, 0.2) is 0 Å². The van der Waals surface area contributed by atoms with Gasteiger partial charge in [0.2, 0.25) is 11.9 Å². The molecule has 1 unspecified atom stereocenters. The lowest BCUT2D eigenvalue weighted by atomic mass is 9.94. The molecule has 0 bridgehead atoms. The van der Waals surface area contributed by atoms with Crippen molar-refractivity contribution in [1.82, 2.24) is 19.8 Å². The van der Waals surface area contributed by atoms with Crippen LogP contribution in [0.25, 0.3) is 0 Å². The molecule has 8 nitrogen and oxygen atoms in total. The Balaban J connectivity index is 1.65. The van der Waals surface area contributed by atoms with Gasteiger partial charge in [0, 0.05) is 49.2 Å². The number of carbonyl (C=O) groups is 2. The molecule has 3 heterocycles. The first kappa shape index (κ1) is 25.2. The zero-order valence-electron chi connectivity index (χ0n) is 21.4. The van der Waals surface area contributed by atoms with E-state index in [1.807, 2.05) is 50.1 Å². The van der Waals surface area contributed by atoms with Gasteiger partial charge in [-0.1, -0.05) is 23.7 Å². The average molecular weight is 499 g/mol. The van der Waals surface area contributed by atoms with Crippen molar-refractivity contribution in [3.8, 4) is 0 Å². The molecule has 2 aromatic rings. The summed E-state index contributed by atoms with van der Waals surface area (Å²) >= 11 is 6.06. The maximum absolute atomic E-state index is 13.2. The van der Waals surface area contributed by atoms with E-state index in [0.717, 1.165) is 30.5 Å². The van der Waals surface area contributed by atoms with E-state index in [2.05, 4.69) is 24.1 Å². The molecule has 1 atom stereocenters. The molecule has 1 fully saturated rings. The van der Waals surface area contributed by atoms with Crippen LogP contribution in [0.3, 0.4) is 0 Å². The Kier molecular flexibility index (Phi) is 6.95. The number of hydrogen-bond donors (Lipinski definition) is 1. The van der Waals surface area contributed by atoms with Gasteiger partial charge in [0.1, 0.15) is 11.5 Å². The molecular formula is C26H35ClN6O2. The topological polar surface area (TPSA) is 81.7 Å². The van der Waals surface area contributed by atoms with Crippen LogP contribution in [0.2, 0.25) is 5.02 Å². The quantitative estimate of drug-likeness (QED) is 0.621. The van der Waals surface area contributed by atoms with Crippen molar-refractivity contribution in [2.24, 2.45) is 0 Å². The second-order valence-electron chi connectivity index (χ2n) is 10.6. The van der Waals surface area contributed by atoms with E-state index in [-0.39, 0.29) is 29.4 Å². The van der Waals surface area contributed by atoms with Crippen molar-refractivity contribution in [2.75, 3.05) is 30.4 Å². The summed E-state index contributed by atoms with van der Waals surface area (Å²) in [4.78, 5) is 40.4. The van der Waals surface area contributed by atoms with Crippen LogP contribution in [0.4, 0.5) is 11.8 Å². The third kappa shape index (κ3) is 5.37. The Hall–Kier alpha value is -2.87. The largest absolute Gasteiger partial charge is 0.364 e. The number of rotatable bonds is 7. The predicted octanol–water partition coefficient (Wildman–Crippen LogP) is 3.98. The van der Waals surface area contributed by atoms with Crippen molar-refractivity contribution in [2.45, 2.75) is 71.6 Å². The molecule has 0 spiro atoms. The third-order valence-corrected chi connectivity index (χ3v) is 7.17. The number of anilines is 2. The first-order chi connectivity index (χ1) is 16.4. The highest BCUT2D eigenvalue weighted by atomic mass is 35.5. The van der Waals surface area contributed by atoms with Gasteiger partial charge in [-0.15, -0.1) is 0 Å². The van der Waals surface area contributed by atoms with Crippen LogP contribution in [0.5, 0.6) is 0 Å². The predicted molar refractivity (Wildman–Crippen MR) is 139 cm³/mol. The summed E-state index contributed by atoms with van der Waals surface area (Å²) in [7, 11) is 1.83. The van der Waals surface area contributed by atoms with Crippen molar-refractivity contribution in [3.05, 3.63) is 46.1 Å². The highest BCUT2D eigenvalue weighted by molar-refractivity contribution is 6.30. The van der Waals surface area contributed by atoms with Crippen LogP contribution < -0.4 is 10.2 Å². The third-order valence-electron chi connectivity index (χ3n) is 6.92. The number of nitrogens with one attached hydrogen (secondary N) is 1. The van der Waals surface area contributed by atoms with Crippen LogP contribution in [-0.2, 0) is 17.8 Å². The Labute approximate surface area is 212 Å². The first-order valence-electron chi connectivity index (χ1n) is 12.2. The smallest absolute Gasteiger partial charge is 0.273 e. The minimum absolute atomic E-state index is 0.0424. The highest BCUT2D eigenvalue weighted by Crippen LogP contribution is 2.33. The fourth-order valence-electron chi connectivity index (χ4n) is 4.81. The highest BCUT2D eigenvalue weighted by Gasteiger charge is 2.37. The van der Waals surface area contributed by atoms with E-state index in [1.54, 1.807) is 11.8 Å². The summed E-state index contributed by atoms with van der Waals surface area (Å²) in [6.45, 7) is 11.7. The number of likely N-dealkylation sites (N-methyl/N-ethyl adjacent to an activating group) is 1. The number of carbonyl (C=O) groups excluding carboxylic acids is 2. The number of hydrogen-bond acceptors (Lipinski definition) is 6. The Morgan fingerprint density at radius 2 is 1.94 bits per heavy atom. The number of fused-ring (bicyclic) bond motifs is 1. The van der Waals surface area contributed by atoms with E-state index in [1.165, 1.54) is 0 Å². The Morgan fingerprint density at radius 1 is 1.26 bits per heavy atom. The van der Waals surface area contributed by atoms with E-state index < -0.39 is 0 Å². The molecule has 2 aliphatic rings. The van der Waals surface area contributed by atoms with Gasteiger partial charge in [0.25, 0.3) is 5.91 Å². The molecule has 9 heteroatoms. The van der Waals surface area contributed by atoms with Gasteiger partial charge >= 0.3 is 0 Å². The van der Waals surface area contributed by atoms with Gasteiger partial charge in [0.05, 0.1) is 12.6 Å². The second-order valence-corrected chi connectivity index (χ2v) is 11.0. The van der Waals surface area contributed by atoms with Crippen molar-refractivity contribution >= 4 is 35.2 Å². The van der Waals surface area contributed by atoms with Gasteiger partial charge < -0.3 is 20.0 Å². The fourth-order valence-corrected chi connectivity index (χ4v) is 4.94. The SMILES string of the molecule is CC(=O)N(C)C1CCN(c2nc(NC(C)(C)Cc3ccc(Cl)cc3)c3c(n2)C(=O)N(C(C)C)C3)C1. The molecule has 4 rings (SSSR count). The van der Waals surface area contributed by atoms with Gasteiger partial charge in [-0.3, -0.25) is 9.59 Å². The van der Waals surface area contributed by atoms with Crippen molar-refractivity contribution in [3.63, 3.8) is 0 Å². The van der Waals surface area contributed by atoms with E-state index in [9.17, 15) is 9.59 Å². The summed E-state index contributed by atoms with van der Waals surface area (Å²) in [6.07, 6.45) is 1.60. The number of halogens is 1. The standard InChI is InChI=1S/C26H35ClN6O2/c1-16(2)33-15-21-22(24(33)35)28-25(32-12-11-20(14-32)31(6)17(3)34)29-23(21)30-26(4,5)13-18-7-9-19(27)10-8-18/h7-10,16,20H,11-15H2,1-6H3,(H,28,29,30). The summed E-state index contributed by atoms with van der Waals surface area (Å²) in [5, 5.41) is 4.34. The van der Waals surface area contributed by atoms with Crippen LogP contribution in [-0.4, -0.2) is 69.3 Å². The van der Waals surface area contributed by atoms with Gasteiger partial charge in [-0.2, -0.15) is 4.98 Å². The minimum atomic E-state index is -0.329. The van der Waals surface area contributed by atoms with E-state index in [4.69, 9.17) is 21.6 Å². The summed E-state index contributed by atoms with van der Waals surface area (Å²) in [6, 6.07) is 8.02. The maximum atomic E-state index is 13.2. The fraction of sp³-hybridized carbons (Fsp3) is 0.538. The molecule has 0 saturated carbocycles. The van der Waals surface area contributed by atoms with Crippen LogP contribution in [0, 0.1) is 0 Å². The molecule has 1 aromatic carbocycles. The van der Waals surface area contributed by atoms with E-state index >= 15 is 0 Å². The van der Waals surface area contributed by atoms with Gasteiger partial charge in [-0.25, -0.2) is 4.98 Å². The number of nitrogens with zero attached hydrogens (tertiary/aromatic N) is 5. The number of benzene rings is 1. The molecule has 0 aliphatic carbocycles. The molecule has 1 aromatic heterocycles. The van der Waals surface area contributed by atoms with Gasteiger partial charge in [-0.05, 0) is 58.2 Å². The number of amides is 2. The van der Waals surface area contributed by atoms with E-state index in [0.29, 0.717) is 35.6 Å². The first-order valence-corrected chi connectivity index (χ1v) is 12.6. The molecule has 0 radical (unpaired) electrons. The molecule has 35 heavy (non-hydrogen) atoms. The van der Waals surface area contributed by atoms with Crippen molar-refractivity contribution in [1.29, 1.82) is 0 Å². The molecule has 2 aliphatic heterocycles. The van der Waals surface area contributed by atoms with Crippen LogP contribution in [0.15, 0.2) is 24.3 Å². The van der Waals surface area contributed by atoms with Crippen LogP contribution >= 0.6 is 11.6 Å². The zero-order chi connectivity index (χ0) is 25.5. The monoisotopic (exact) mass is 498 g/mol.